The van der Waals surface area contributed by atoms with Crippen molar-refractivity contribution in [3.63, 3.8) is 0 Å². The van der Waals surface area contributed by atoms with Gasteiger partial charge < -0.3 is 24.4 Å². The Bertz CT molecular complexity index is 989. The maximum Gasteiger partial charge on any atom is 0.338 e. The van der Waals surface area contributed by atoms with Crippen molar-refractivity contribution in [2.45, 2.75) is 32.4 Å². The number of carbonyl (C=O) groups excluding carboxylic acids is 3. The molecule has 1 fully saturated rings. The molecule has 30 heavy (non-hydrogen) atoms. The Kier molecular flexibility index (Phi) is 5.56. The van der Waals surface area contributed by atoms with Crippen molar-refractivity contribution in [3.8, 4) is 11.5 Å². The number of benzene rings is 2. The van der Waals surface area contributed by atoms with Crippen LogP contribution in [0.3, 0.4) is 0 Å². The zero-order valence-electron chi connectivity index (χ0n) is 16.6. The van der Waals surface area contributed by atoms with Crippen LogP contribution in [-0.4, -0.2) is 37.2 Å². The van der Waals surface area contributed by atoms with Crippen molar-refractivity contribution in [1.82, 2.24) is 5.32 Å². The first-order chi connectivity index (χ1) is 14.5. The average molecular weight is 410 g/mol. The first-order valence-electron chi connectivity index (χ1n) is 9.79. The molecule has 0 saturated carbocycles. The number of anilines is 1. The first kappa shape index (κ1) is 19.8. The van der Waals surface area contributed by atoms with E-state index in [1.807, 2.05) is 6.07 Å². The molecule has 2 aliphatic rings. The number of hydrogen-bond donors (Lipinski definition) is 1. The molecule has 156 valence electrons. The molecule has 2 amide bonds. The number of amides is 2. The van der Waals surface area contributed by atoms with Crippen LogP contribution >= 0.6 is 0 Å². The zero-order valence-corrected chi connectivity index (χ0v) is 16.6. The number of rotatable bonds is 6. The summed E-state index contributed by atoms with van der Waals surface area (Å²) in [6.07, 6.45) is 0.340. The van der Waals surface area contributed by atoms with E-state index in [0.29, 0.717) is 35.7 Å². The third-order valence-electron chi connectivity index (χ3n) is 5.02. The predicted molar refractivity (Wildman–Crippen MR) is 107 cm³/mol. The van der Waals surface area contributed by atoms with Crippen molar-refractivity contribution in [1.29, 1.82) is 0 Å². The number of fused-ring (bicyclic) bond motifs is 1. The summed E-state index contributed by atoms with van der Waals surface area (Å²) < 4.78 is 15.9. The molecule has 1 saturated heterocycles. The lowest BCUT2D eigenvalue weighted by molar-refractivity contribution is -0.129. The van der Waals surface area contributed by atoms with E-state index < -0.39 is 18.0 Å². The summed E-state index contributed by atoms with van der Waals surface area (Å²) in [5.74, 6) is 0.320. The number of nitrogens with one attached hydrogen (secondary N) is 1. The van der Waals surface area contributed by atoms with Gasteiger partial charge in [-0.3, -0.25) is 9.59 Å². The predicted octanol–water partition coefficient (Wildman–Crippen LogP) is 2.40. The van der Waals surface area contributed by atoms with E-state index in [4.69, 9.17) is 14.2 Å². The van der Waals surface area contributed by atoms with Gasteiger partial charge in [0.25, 0.3) is 5.91 Å². The minimum absolute atomic E-state index is 0.0387. The van der Waals surface area contributed by atoms with Crippen LogP contribution in [0.25, 0.3) is 0 Å². The van der Waals surface area contributed by atoms with Crippen LogP contribution in [0.1, 0.15) is 35.7 Å². The normalized spacial score (nSPS) is 15.8. The van der Waals surface area contributed by atoms with Crippen LogP contribution in [-0.2, 0) is 20.9 Å². The molecule has 2 aliphatic heterocycles. The third-order valence-corrected chi connectivity index (χ3v) is 5.02. The van der Waals surface area contributed by atoms with Gasteiger partial charge in [0.15, 0.2) is 17.6 Å². The van der Waals surface area contributed by atoms with E-state index in [1.54, 1.807) is 41.3 Å². The van der Waals surface area contributed by atoms with Gasteiger partial charge in [-0.25, -0.2) is 4.79 Å². The molecule has 0 bridgehead atoms. The van der Waals surface area contributed by atoms with Gasteiger partial charge in [-0.2, -0.15) is 0 Å². The highest BCUT2D eigenvalue weighted by atomic mass is 16.7. The average Bonchev–Trinajstić information content (AvgIpc) is 3.40. The molecule has 0 radical (unpaired) electrons. The Hall–Kier alpha value is -3.55. The van der Waals surface area contributed by atoms with Crippen LogP contribution in [0.4, 0.5) is 5.69 Å². The van der Waals surface area contributed by atoms with E-state index in [-0.39, 0.29) is 19.2 Å². The molecule has 0 unspecified atom stereocenters. The highest BCUT2D eigenvalue weighted by molar-refractivity contribution is 5.98. The maximum absolute atomic E-state index is 12.5. The minimum Gasteiger partial charge on any atom is -0.454 e. The van der Waals surface area contributed by atoms with Gasteiger partial charge in [-0.15, -0.1) is 0 Å². The lowest BCUT2D eigenvalue weighted by Crippen LogP contribution is -2.35. The molecule has 2 aromatic carbocycles. The van der Waals surface area contributed by atoms with Crippen molar-refractivity contribution in [2.75, 3.05) is 18.2 Å². The Morgan fingerprint density at radius 1 is 1.17 bits per heavy atom. The second kappa shape index (κ2) is 8.44. The Morgan fingerprint density at radius 3 is 2.80 bits per heavy atom. The number of esters is 1. The van der Waals surface area contributed by atoms with E-state index in [0.717, 1.165) is 12.0 Å². The summed E-state index contributed by atoms with van der Waals surface area (Å²) >= 11 is 0. The van der Waals surface area contributed by atoms with Gasteiger partial charge in [-0.05, 0) is 49.2 Å². The van der Waals surface area contributed by atoms with Gasteiger partial charge in [0.1, 0.15) is 0 Å². The molecule has 0 spiro atoms. The summed E-state index contributed by atoms with van der Waals surface area (Å²) in [4.78, 5) is 38.4. The van der Waals surface area contributed by atoms with Crippen molar-refractivity contribution < 1.29 is 28.6 Å². The van der Waals surface area contributed by atoms with Gasteiger partial charge in [-0.1, -0.05) is 12.1 Å². The second-order valence-corrected chi connectivity index (χ2v) is 7.15. The minimum atomic E-state index is -0.969. The Morgan fingerprint density at radius 2 is 2.00 bits per heavy atom. The van der Waals surface area contributed by atoms with Gasteiger partial charge >= 0.3 is 5.97 Å². The van der Waals surface area contributed by atoms with Gasteiger partial charge in [0.05, 0.1) is 5.56 Å². The van der Waals surface area contributed by atoms with Crippen LogP contribution in [0.2, 0.25) is 0 Å². The number of carbonyl (C=O) groups is 3. The molecule has 8 heteroatoms. The largest absolute Gasteiger partial charge is 0.454 e. The molecule has 4 rings (SSSR count). The summed E-state index contributed by atoms with van der Waals surface area (Å²) in [5.41, 5.74) is 1.79. The summed E-state index contributed by atoms with van der Waals surface area (Å²) in [6, 6.07) is 12.1. The quantitative estimate of drug-likeness (QED) is 0.735. The lowest BCUT2D eigenvalue weighted by atomic mass is 10.2. The van der Waals surface area contributed by atoms with E-state index in [1.165, 1.54) is 6.92 Å². The van der Waals surface area contributed by atoms with Gasteiger partial charge in [0.2, 0.25) is 12.7 Å². The number of hydrogen-bond acceptors (Lipinski definition) is 6. The molecular weight excluding hydrogens is 388 g/mol. The number of ether oxygens (including phenoxy) is 3. The van der Waals surface area contributed by atoms with Crippen LogP contribution in [0.5, 0.6) is 11.5 Å². The fourth-order valence-corrected chi connectivity index (χ4v) is 3.39. The standard InChI is InChI=1S/C22H22N2O6/c1-14(21(26)23-12-15-7-8-18-19(10-15)29-13-28-18)30-22(27)16-4-2-5-17(11-16)24-9-3-6-20(24)25/h2,4-5,7-8,10-11,14H,3,6,9,12-13H2,1H3,(H,23,26)/t14-/m1/s1. The van der Waals surface area contributed by atoms with Crippen molar-refractivity contribution >= 4 is 23.5 Å². The fourth-order valence-electron chi connectivity index (χ4n) is 3.39. The lowest BCUT2D eigenvalue weighted by Gasteiger charge is -2.17. The van der Waals surface area contributed by atoms with Crippen molar-refractivity contribution in [2.24, 2.45) is 0 Å². The first-order valence-corrected chi connectivity index (χ1v) is 9.79. The van der Waals surface area contributed by atoms with Crippen LogP contribution in [0.15, 0.2) is 42.5 Å². The van der Waals surface area contributed by atoms with Crippen LogP contribution < -0.4 is 19.7 Å². The Balaban J connectivity index is 1.33. The summed E-state index contributed by atoms with van der Waals surface area (Å²) in [7, 11) is 0. The smallest absolute Gasteiger partial charge is 0.338 e. The number of nitrogens with zero attached hydrogens (tertiary/aromatic N) is 1. The van der Waals surface area contributed by atoms with E-state index >= 15 is 0 Å². The van der Waals surface area contributed by atoms with Crippen molar-refractivity contribution in [3.05, 3.63) is 53.6 Å². The highest BCUT2D eigenvalue weighted by Crippen LogP contribution is 2.32. The molecule has 0 aliphatic carbocycles. The van der Waals surface area contributed by atoms with Crippen LogP contribution in [0, 0.1) is 0 Å². The SMILES string of the molecule is C[C@@H](OC(=O)c1cccc(N2CCCC2=O)c1)C(=O)NCc1ccc2c(c1)OCO2. The molecule has 2 aromatic rings. The monoisotopic (exact) mass is 410 g/mol. The molecule has 8 nitrogen and oxygen atoms in total. The highest BCUT2D eigenvalue weighted by Gasteiger charge is 2.24. The molecule has 2 heterocycles. The third kappa shape index (κ3) is 4.22. The molecule has 0 aromatic heterocycles. The molecule has 1 atom stereocenters. The van der Waals surface area contributed by atoms with E-state index in [2.05, 4.69) is 5.32 Å². The fraction of sp³-hybridized carbons (Fsp3) is 0.318. The Labute approximate surface area is 173 Å². The summed E-state index contributed by atoms with van der Waals surface area (Å²) in [5, 5.41) is 2.74. The van der Waals surface area contributed by atoms with E-state index in [9.17, 15) is 14.4 Å². The maximum atomic E-state index is 12.5. The van der Waals surface area contributed by atoms with Gasteiger partial charge in [0, 0.05) is 25.2 Å². The topological polar surface area (TPSA) is 94.2 Å². The molecule has 1 N–H and O–H groups in total. The zero-order chi connectivity index (χ0) is 21.1. The summed E-state index contributed by atoms with van der Waals surface area (Å²) in [6.45, 7) is 2.60. The molecular formula is C22H22N2O6. The second-order valence-electron chi connectivity index (χ2n) is 7.15.